The second-order valence-electron chi connectivity index (χ2n) is 8.01. The number of hydrogen-bond donors (Lipinski definition) is 1. The molecule has 0 fully saturated rings. The number of benzene rings is 3. The van der Waals surface area contributed by atoms with Gasteiger partial charge in [-0.1, -0.05) is 61.8 Å². The summed E-state index contributed by atoms with van der Waals surface area (Å²) in [5.74, 6) is 1.52. The Morgan fingerprint density at radius 1 is 0.931 bits per heavy atom. The first-order chi connectivity index (χ1) is 14.0. The van der Waals surface area contributed by atoms with E-state index in [0.29, 0.717) is 19.1 Å². The summed E-state index contributed by atoms with van der Waals surface area (Å²) in [4.78, 5) is 0. The van der Waals surface area contributed by atoms with Crippen LogP contribution in [-0.4, -0.2) is 6.61 Å². The van der Waals surface area contributed by atoms with Crippen LogP contribution in [0.4, 0.5) is 0 Å². The number of aryl methyl sites for hydroxylation is 1. The molecule has 0 aliphatic heterocycles. The van der Waals surface area contributed by atoms with Gasteiger partial charge in [0, 0.05) is 18.0 Å². The van der Waals surface area contributed by atoms with Crippen molar-refractivity contribution in [3.05, 3.63) is 87.9 Å². The molecule has 0 unspecified atom stereocenters. The van der Waals surface area contributed by atoms with Crippen LogP contribution in [0.5, 0.6) is 5.75 Å². The molecular formula is C26H30ClNO. The molecule has 0 atom stereocenters. The van der Waals surface area contributed by atoms with E-state index in [4.69, 9.17) is 22.1 Å². The second kappa shape index (κ2) is 9.96. The lowest BCUT2D eigenvalue weighted by atomic mass is 9.93. The van der Waals surface area contributed by atoms with Gasteiger partial charge in [0.15, 0.2) is 0 Å². The van der Waals surface area contributed by atoms with Crippen molar-refractivity contribution in [2.75, 3.05) is 6.61 Å². The van der Waals surface area contributed by atoms with Gasteiger partial charge < -0.3 is 10.5 Å². The summed E-state index contributed by atoms with van der Waals surface area (Å²) in [7, 11) is 0. The van der Waals surface area contributed by atoms with Crippen molar-refractivity contribution in [1.29, 1.82) is 0 Å². The first-order valence-electron chi connectivity index (χ1n) is 10.3. The third-order valence-corrected chi connectivity index (χ3v) is 5.27. The van der Waals surface area contributed by atoms with E-state index in [0.717, 1.165) is 34.7 Å². The topological polar surface area (TPSA) is 35.2 Å². The maximum absolute atomic E-state index is 6.15. The molecule has 3 aromatic carbocycles. The SMILES string of the molecule is Cc1cc(OCCc2cc(Cl)ccc2CN)cc(-c2ccccc2CC(C)C)c1. The molecule has 152 valence electrons. The Labute approximate surface area is 179 Å². The van der Waals surface area contributed by atoms with Gasteiger partial charge in [-0.25, -0.2) is 0 Å². The Bertz CT molecular complexity index is 965. The third-order valence-electron chi connectivity index (χ3n) is 5.04. The lowest BCUT2D eigenvalue weighted by Crippen LogP contribution is -2.07. The van der Waals surface area contributed by atoms with Crippen LogP contribution in [0.1, 0.15) is 36.1 Å². The quantitative estimate of drug-likeness (QED) is 0.456. The summed E-state index contributed by atoms with van der Waals surface area (Å²) < 4.78 is 6.13. The number of nitrogens with two attached hydrogens (primary N) is 1. The van der Waals surface area contributed by atoms with Crippen molar-refractivity contribution in [2.45, 2.75) is 40.2 Å². The molecule has 0 saturated carbocycles. The van der Waals surface area contributed by atoms with E-state index in [2.05, 4.69) is 63.2 Å². The van der Waals surface area contributed by atoms with Crippen LogP contribution >= 0.6 is 11.6 Å². The van der Waals surface area contributed by atoms with E-state index in [1.807, 2.05) is 18.2 Å². The van der Waals surface area contributed by atoms with Crippen molar-refractivity contribution in [3.63, 3.8) is 0 Å². The zero-order chi connectivity index (χ0) is 20.8. The number of halogens is 1. The Balaban J connectivity index is 1.78. The maximum atomic E-state index is 6.15. The summed E-state index contributed by atoms with van der Waals surface area (Å²) in [6, 6.07) is 21.0. The van der Waals surface area contributed by atoms with Crippen LogP contribution in [0.15, 0.2) is 60.7 Å². The van der Waals surface area contributed by atoms with E-state index in [-0.39, 0.29) is 0 Å². The average molecular weight is 408 g/mol. The Kier molecular flexibility index (Phi) is 7.35. The van der Waals surface area contributed by atoms with Crippen molar-refractivity contribution in [1.82, 2.24) is 0 Å². The minimum absolute atomic E-state index is 0.508. The molecule has 29 heavy (non-hydrogen) atoms. The first-order valence-corrected chi connectivity index (χ1v) is 10.6. The molecule has 2 N–H and O–H groups in total. The largest absolute Gasteiger partial charge is 0.493 e. The normalized spacial score (nSPS) is 11.1. The summed E-state index contributed by atoms with van der Waals surface area (Å²) in [6.07, 6.45) is 1.84. The summed E-state index contributed by atoms with van der Waals surface area (Å²) in [5.41, 5.74) is 13.2. The number of ether oxygens (including phenoxy) is 1. The van der Waals surface area contributed by atoms with Gasteiger partial charge in [0.2, 0.25) is 0 Å². The van der Waals surface area contributed by atoms with Crippen molar-refractivity contribution in [3.8, 4) is 16.9 Å². The number of rotatable bonds is 8. The minimum atomic E-state index is 0.508. The Hall–Kier alpha value is -2.29. The fourth-order valence-electron chi connectivity index (χ4n) is 3.71. The van der Waals surface area contributed by atoms with E-state index in [9.17, 15) is 0 Å². The molecule has 0 aliphatic rings. The van der Waals surface area contributed by atoms with Gasteiger partial charge in [-0.15, -0.1) is 0 Å². The van der Waals surface area contributed by atoms with Gasteiger partial charge in [0.1, 0.15) is 5.75 Å². The zero-order valence-electron chi connectivity index (χ0n) is 17.5. The Morgan fingerprint density at radius 3 is 2.48 bits per heavy atom. The lowest BCUT2D eigenvalue weighted by molar-refractivity contribution is 0.321. The molecule has 0 saturated heterocycles. The highest BCUT2D eigenvalue weighted by molar-refractivity contribution is 6.30. The molecule has 0 radical (unpaired) electrons. The highest BCUT2D eigenvalue weighted by Crippen LogP contribution is 2.30. The van der Waals surface area contributed by atoms with Gasteiger partial charge in [-0.3, -0.25) is 0 Å². The smallest absolute Gasteiger partial charge is 0.120 e. The second-order valence-corrected chi connectivity index (χ2v) is 8.44. The molecule has 0 spiro atoms. The molecule has 0 amide bonds. The monoisotopic (exact) mass is 407 g/mol. The maximum Gasteiger partial charge on any atom is 0.120 e. The van der Waals surface area contributed by atoms with Crippen LogP contribution < -0.4 is 10.5 Å². The van der Waals surface area contributed by atoms with Crippen LogP contribution in [0, 0.1) is 12.8 Å². The summed E-state index contributed by atoms with van der Waals surface area (Å²) >= 11 is 6.15. The van der Waals surface area contributed by atoms with Crippen molar-refractivity contribution in [2.24, 2.45) is 11.7 Å². The van der Waals surface area contributed by atoms with Gasteiger partial charge >= 0.3 is 0 Å². The van der Waals surface area contributed by atoms with Crippen LogP contribution in [0.2, 0.25) is 5.02 Å². The van der Waals surface area contributed by atoms with Gasteiger partial charge in [0.05, 0.1) is 6.61 Å². The molecular weight excluding hydrogens is 378 g/mol. The van der Waals surface area contributed by atoms with Gasteiger partial charge in [-0.2, -0.15) is 0 Å². The van der Waals surface area contributed by atoms with Crippen LogP contribution in [-0.2, 0) is 19.4 Å². The van der Waals surface area contributed by atoms with E-state index in [1.54, 1.807) is 0 Å². The standard InChI is InChI=1S/C26H30ClNO/c1-18(2)12-21-6-4-5-7-26(21)23-13-19(3)14-25(16-23)29-11-10-20-15-24(27)9-8-22(20)17-28/h4-9,13-16,18H,10-12,17,28H2,1-3H3. The molecule has 3 rings (SSSR count). The fraction of sp³-hybridized carbons (Fsp3) is 0.308. The van der Waals surface area contributed by atoms with Crippen LogP contribution in [0.25, 0.3) is 11.1 Å². The van der Waals surface area contributed by atoms with Gasteiger partial charge in [0.25, 0.3) is 0 Å². The van der Waals surface area contributed by atoms with E-state index in [1.165, 1.54) is 22.3 Å². The molecule has 0 heterocycles. The zero-order valence-corrected chi connectivity index (χ0v) is 18.3. The highest BCUT2D eigenvalue weighted by atomic mass is 35.5. The van der Waals surface area contributed by atoms with Crippen molar-refractivity contribution >= 4 is 11.6 Å². The molecule has 0 aromatic heterocycles. The fourth-order valence-corrected chi connectivity index (χ4v) is 3.91. The van der Waals surface area contributed by atoms with E-state index < -0.39 is 0 Å². The average Bonchev–Trinajstić information content (AvgIpc) is 2.68. The molecule has 0 bridgehead atoms. The number of hydrogen-bond acceptors (Lipinski definition) is 2. The van der Waals surface area contributed by atoms with E-state index >= 15 is 0 Å². The summed E-state index contributed by atoms with van der Waals surface area (Å²) in [5, 5.41) is 0.733. The lowest BCUT2D eigenvalue weighted by Gasteiger charge is -2.15. The molecule has 0 aliphatic carbocycles. The van der Waals surface area contributed by atoms with Crippen LogP contribution in [0.3, 0.4) is 0 Å². The Morgan fingerprint density at radius 2 is 1.72 bits per heavy atom. The molecule has 3 aromatic rings. The highest BCUT2D eigenvalue weighted by Gasteiger charge is 2.09. The molecule has 3 heteroatoms. The first kappa shape index (κ1) is 21.4. The molecule has 2 nitrogen and oxygen atoms in total. The van der Waals surface area contributed by atoms with Gasteiger partial charge in [-0.05, 0) is 76.9 Å². The van der Waals surface area contributed by atoms with Crippen molar-refractivity contribution < 1.29 is 4.74 Å². The predicted octanol–water partition coefficient (Wildman–Crippen LogP) is 6.59. The third kappa shape index (κ3) is 5.85. The summed E-state index contributed by atoms with van der Waals surface area (Å²) in [6.45, 7) is 7.72. The minimum Gasteiger partial charge on any atom is -0.493 e. The predicted molar refractivity (Wildman–Crippen MR) is 124 cm³/mol.